The Hall–Kier alpha value is -1.51. The number of carbonyl (C=O) groups is 1. The van der Waals surface area contributed by atoms with Gasteiger partial charge in [-0.25, -0.2) is 0 Å². The highest BCUT2D eigenvalue weighted by molar-refractivity contribution is 5.75. The predicted molar refractivity (Wildman–Crippen MR) is 75.4 cm³/mol. The Labute approximate surface area is 109 Å². The Balaban J connectivity index is 3.07. The lowest BCUT2D eigenvalue weighted by Crippen LogP contribution is -2.31. The van der Waals surface area contributed by atoms with Crippen LogP contribution in [-0.2, 0) is 4.79 Å². The number of rotatable bonds is 6. The van der Waals surface area contributed by atoms with Crippen molar-refractivity contribution in [1.82, 2.24) is 0 Å². The SMILES string of the molecule is CCCCN(CC(=O)O)c1c(C)cc(C)cc1C. The first-order chi connectivity index (χ1) is 8.45. The molecular weight excluding hydrogens is 226 g/mol. The molecule has 0 aliphatic rings. The van der Waals surface area contributed by atoms with E-state index in [4.69, 9.17) is 5.11 Å². The van der Waals surface area contributed by atoms with Crippen molar-refractivity contribution in [3.63, 3.8) is 0 Å². The van der Waals surface area contributed by atoms with E-state index in [-0.39, 0.29) is 6.54 Å². The zero-order valence-electron chi connectivity index (χ0n) is 11.8. The van der Waals surface area contributed by atoms with Crippen LogP contribution in [0, 0.1) is 20.8 Å². The van der Waals surface area contributed by atoms with Gasteiger partial charge in [-0.2, -0.15) is 0 Å². The first-order valence-electron chi connectivity index (χ1n) is 6.50. The summed E-state index contributed by atoms with van der Waals surface area (Å²) >= 11 is 0. The summed E-state index contributed by atoms with van der Waals surface area (Å²) in [6.45, 7) is 9.16. The van der Waals surface area contributed by atoms with E-state index in [1.807, 2.05) is 4.90 Å². The minimum atomic E-state index is -0.773. The zero-order chi connectivity index (χ0) is 13.7. The fraction of sp³-hybridized carbons (Fsp3) is 0.533. The molecule has 0 amide bonds. The highest BCUT2D eigenvalue weighted by atomic mass is 16.4. The van der Waals surface area contributed by atoms with Crippen LogP contribution in [0.25, 0.3) is 0 Å². The van der Waals surface area contributed by atoms with Crippen molar-refractivity contribution in [2.45, 2.75) is 40.5 Å². The summed E-state index contributed by atoms with van der Waals surface area (Å²) in [7, 11) is 0. The standard InChI is InChI=1S/C15H23NO2/c1-5-6-7-16(10-14(17)18)15-12(3)8-11(2)9-13(15)4/h8-9H,5-7,10H2,1-4H3,(H,17,18). The lowest BCUT2D eigenvalue weighted by atomic mass is 10.0. The third kappa shape index (κ3) is 3.76. The van der Waals surface area contributed by atoms with E-state index in [9.17, 15) is 4.79 Å². The summed E-state index contributed by atoms with van der Waals surface area (Å²) in [5.74, 6) is -0.773. The second kappa shape index (κ2) is 6.43. The van der Waals surface area contributed by atoms with Crippen molar-refractivity contribution in [3.05, 3.63) is 28.8 Å². The molecule has 1 aromatic carbocycles. The number of nitrogens with zero attached hydrogens (tertiary/aromatic N) is 1. The van der Waals surface area contributed by atoms with Crippen molar-refractivity contribution >= 4 is 11.7 Å². The Morgan fingerprint density at radius 3 is 2.22 bits per heavy atom. The van der Waals surface area contributed by atoms with Crippen LogP contribution in [0.3, 0.4) is 0 Å². The zero-order valence-corrected chi connectivity index (χ0v) is 11.8. The maximum Gasteiger partial charge on any atom is 0.323 e. The molecular formula is C15H23NO2. The maximum absolute atomic E-state index is 11.0. The van der Waals surface area contributed by atoms with E-state index in [2.05, 4.69) is 39.8 Å². The van der Waals surface area contributed by atoms with Crippen molar-refractivity contribution in [3.8, 4) is 0 Å². The van der Waals surface area contributed by atoms with Crippen LogP contribution in [-0.4, -0.2) is 24.2 Å². The number of carboxylic acid groups (broad SMARTS) is 1. The number of hydrogen-bond donors (Lipinski definition) is 1. The quantitative estimate of drug-likeness (QED) is 0.841. The van der Waals surface area contributed by atoms with Crippen LogP contribution in [0.15, 0.2) is 12.1 Å². The van der Waals surface area contributed by atoms with Gasteiger partial charge >= 0.3 is 5.97 Å². The van der Waals surface area contributed by atoms with Gasteiger partial charge in [-0.3, -0.25) is 4.79 Å². The molecule has 1 rings (SSSR count). The molecule has 0 saturated heterocycles. The largest absolute Gasteiger partial charge is 0.480 e. The third-order valence-electron chi connectivity index (χ3n) is 3.06. The first-order valence-corrected chi connectivity index (χ1v) is 6.50. The van der Waals surface area contributed by atoms with Gasteiger partial charge in [0.2, 0.25) is 0 Å². The molecule has 0 radical (unpaired) electrons. The van der Waals surface area contributed by atoms with Crippen molar-refractivity contribution < 1.29 is 9.90 Å². The molecule has 1 aromatic rings. The van der Waals surface area contributed by atoms with Crippen LogP contribution in [0.4, 0.5) is 5.69 Å². The molecule has 0 atom stereocenters. The lowest BCUT2D eigenvalue weighted by Gasteiger charge is -2.27. The fourth-order valence-corrected chi connectivity index (χ4v) is 2.45. The number of aliphatic carboxylic acids is 1. The van der Waals surface area contributed by atoms with Crippen LogP contribution in [0.5, 0.6) is 0 Å². The normalized spacial score (nSPS) is 10.4. The summed E-state index contributed by atoms with van der Waals surface area (Å²) in [4.78, 5) is 13.0. The Morgan fingerprint density at radius 1 is 1.22 bits per heavy atom. The van der Waals surface area contributed by atoms with Crippen molar-refractivity contribution in [1.29, 1.82) is 0 Å². The topological polar surface area (TPSA) is 40.5 Å². The van der Waals surface area contributed by atoms with E-state index in [1.165, 1.54) is 5.56 Å². The van der Waals surface area contributed by atoms with Gasteiger partial charge in [-0.1, -0.05) is 31.0 Å². The fourth-order valence-electron chi connectivity index (χ4n) is 2.45. The number of unbranched alkanes of at least 4 members (excludes halogenated alkanes) is 1. The van der Waals surface area contributed by atoms with Gasteiger partial charge in [-0.05, 0) is 38.3 Å². The molecule has 0 spiro atoms. The molecule has 3 heteroatoms. The third-order valence-corrected chi connectivity index (χ3v) is 3.06. The molecule has 0 saturated carbocycles. The van der Waals surface area contributed by atoms with Gasteiger partial charge in [0.15, 0.2) is 0 Å². The number of hydrogen-bond acceptors (Lipinski definition) is 2. The van der Waals surface area contributed by atoms with E-state index >= 15 is 0 Å². The van der Waals surface area contributed by atoms with Crippen molar-refractivity contribution in [2.24, 2.45) is 0 Å². The highest BCUT2D eigenvalue weighted by Crippen LogP contribution is 2.26. The summed E-state index contributed by atoms with van der Waals surface area (Å²) in [5, 5.41) is 9.04. The molecule has 0 heterocycles. The minimum Gasteiger partial charge on any atom is -0.480 e. The second-order valence-electron chi connectivity index (χ2n) is 4.92. The molecule has 1 N–H and O–H groups in total. The summed E-state index contributed by atoms with van der Waals surface area (Å²) in [5.41, 5.74) is 4.62. The average molecular weight is 249 g/mol. The van der Waals surface area contributed by atoms with E-state index < -0.39 is 5.97 Å². The molecule has 0 bridgehead atoms. The van der Waals surface area contributed by atoms with Gasteiger partial charge in [-0.15, -0.1) is 0 Å². The van der Waals surface area contributed by atoms with Gasteiger partial charge in [0, 0.05) is 12.2 Å². The van der Waals surface area contributed by atoms with E-state index in [0.717, 1.165) is 36.2 Å². The molecule has 0 unspecified atom stereocenters. The number of anilines is 1. The smallest absolute Gasteiger partial charge is 0.323 e. The number of benzene rings is 1. The molecule has 0 aliphatic heterocycles. The summed E-state index contributed by atoms with van der Waals surface area (Å²) in [6.07, 6.45) is 2.08. The highest BCUT2D eigenvalue weighted by Gasteiger charge is 2.15. The second-order valence-corrected chi connectivity index (χ2v) is 4.92. The number of carboxylic acids is 1. The van der Waals surface area contributed by atoms with Gasteiger partial charge in [0.25, 0.3) is 0 Å². The van der Waals surface area contributed by atoms with Crippen molar-refractivity contribution in [2.75, 3.05) is 18.0 Å². The molecule has 0 aromatic heterocycles. The summed E-state index contributed by atoms with van der Waals surface area (Å²) < 4.78 is 0. The molecule has 3 nitrogen and oxygen atoms in total. The van der Waals surface area contributed by atoms with Crippen LogP contribution in [0.2, 0.25) is 0 Å². The van der Waals surface area contributed by atoms with Gasteiger partial charge < -0.3 is 10.0 Å². The Bertz CT molecular complexity index is 403. The maximum atomic E-state index is 11.0. The minimum absolute atomic E-state index is 0.0741. The Morgan fingerprint density at radius 2 is 1.78 bits per heavy atom. The first kappa shape index (κ1) is 14.6. The monoisotopic (exact) mass is 249 g/mol. The molecule has 18 heavy (non-hydrogen) atoms. The lowest BCUT2D eigenvalue weighted by molar-refractivity contribution is -0.135. The van der Waals surface area contributed by atoms with Gasteiger partial charge in [0.05, 0.1) is 0 Å². The summed E-state index contributed by atoms with van der Waals surface area (Å²) in [6, 6.07) is 4.23. The number of aryl methyl sites for hydroxylation is 3. The molecule has 0 aliphatic carbocycles. The van der Waals surface area contributed by atoms with Crippen LogP contribution in [0.1, 0.15) is 36.5 Å². The van der Waals surface area contributed by atoms with E-state index in [0.29, 0.717) is 0 Å². The van der Waals surface area contributed by atoms with E-state index in [1.54, 1.807) is 0 Å². The van der Waals surface area contributed by atoms with Crippen LogP contribution >= 0.6 is 0 Å². The van der Waals surface area contributed by atoms with Gasteiger partial charge in [0.1, 0.15) is 6.54 Å². The Kier molecular flexibility index (Phi) is 5.20. The molecule has 100 valence electrons. The van der Waals surface area contributed by atoms with Crippen LogP contribution < -0.4 is 4.90 Å². The molecule has 0 fully saturated rings. The predicted octanol–water partition coefficient (Wildman–Crippen LogP) is 3.30. The average Bonchev–Trinajstić information content (AvgIpc) is 2.23.